The Morgan fingerprint density at radius 2 is 1.94 bits per heavy atom. The molecule has 0 unspecified atom stereocenters. The highest BCUT2D eigenvalue weighted by molar-refractivity contribution is 9.10. The van der Waals surface area contributed by atoms with Crippen LogP contribution in [-0.4, -0.2) is 33.4 Å². The summed E-state index contributed by atoms with van der Waals surface area (Å²) in [6, 6.07) is 13.8. The second-order valence-corrected chi connectivity index (χ2v) is 8.82. The van der Waals surface area contributed by atoms with Crippen molar-refractivity contribution in [2.24, 2.45) is 0 Å². The van der Waals surface area contributed by atoms with Gasteiger partial charge in [0.05, 0.1) is 24.8 Å². The Morgan fingerprint density at radius 3 is 2.61 bits per heavy atom. The second kappa shape index (κ2) is 9.19. The molecule has 7 heteroatoms. The molecule has 0 saturated heterocycles. The van der Waals surface area contributed by atoms with Gasteiger partial charge in [-0.1, -0.05) is 28.1 Å². The molecule has 4 rings (SSSR count). The molecule has 0 fully saturated rings. The van der Waals surface area contributed by atoms with E-state index in [0.29, 0.717) is 23.4 Å². The van der Waals surface area contributed by atoms with Crippen LogP contribution in [0.3, 0.4) is 0 Å². The smallest absolute Gasteiger partial charge is 0.340 e. The molecule has 0 bridgehead atoms. The van der Waals surface area contributed by atoms with E-state index in [1.165, 1.54) is 7.11 Å². The van der Waals surface area contributed by atoms with E-state index in [1.54, 1.807) is 30.3 Å². The van der Waals surface area contributed by atoms with Crippen molar-refractivity contribution in [1.29, 1.82) is 0 Å². The maximum Gasteiger partial charge on any atom is 0.340 e. The van der Waals surface area contributed by atoms with Gasteiger partial charge in [-0.15, -0.1) is 0 Å². The topological polar surface area (TPSA) is 64.4 Å². The summed E-state index contributed by atoms with van der Waals surface area (Å²) in [5, 5.41) is 0. The third kappa shape index (κ3) is 4.28. The largest absolute Gasteiger partial charge is 0.465 e. The number of allylic oxidation sites excluding steroid dienone is 1. The fourth-order valence-electron chi connectivity index (χ4n) is 4.19. The number of esters is 1. The Morgan fingerprint density at radius 1 is 1.15 bits per heavy atom. The number of pyridine rings is 1. The van der Waals surface area contributed by atoms with Gasteiger partial charge < -0.3 is 14.2 Å². The van der Waals surface area contributed by atoms with Gasteiger partial charge in [-0.3, -0.25) is 9.78 Å². The van der Waals surface area contributed by atoms with E-state index in [2.05, 4.69) is 25.5 Å². The van der Waals surface area contributed by atoms with Crippen molar-refractivity contribution in [3.05, 3.63) is 98.7 Å². The number of carbonyl (C=O) groups excluding carboxylic acids is 2. The third-order valence-corrected chi connectivity index (χ3v) is 6.29. The van der Waals surface area contributed by atoms with E-state index < -0.39 is 5.97 Å². The minimum absolute atomic E-state index is 0.232. The van der Waals surface area contributed by atoms with Gasteiger partial charge in [-0.05, 0) is 68.3 Å². The van der Waals surface area contributed by atoms with Crippen molar-refractivity contribution in [3.63, 3.8) is 0 Å². The second-order valence-electron chi connectivity index (χ2n) is 7.90. The number of aromatic nitrogens is 2. The summed E-state index contributed by atoms with van der Waals surface area (Å²) in [4.78, 5) is 31.8. The molecule has 0 radical (unpaired) electrons. The van der Waals surface area contributed by atoms with Gasteiger partial charge in [0.15, 0.2) is 0 Å². The fourth-order valence-corrected chi connectivity index (χ4v) is 4.58. The zero-order chi connectivity index (χ0) is 23.7. The van der Waals surface area contributed by atoms with E-state index in [4.69, 9.17) is 4.74 Å². The van der Waals surface area contributed by atoms with E-state index in [0.717, 1.165) is 32.7 Å². The number of ether oxygens (including phenoxy) is 1. The number of hydrogen-bond acceptors (Lipinski definition) is 4. The van der Waals surface area contributed by atoms with Crippen molar-refractivity contribution in [1.82, 2.24) is 14.5 Å². The van der Waals surface area contributed by atoms with Crippen LogP contribution in [0.25, 0.3) is 11.8 Å². The van der Waals surface area contributed by atoms with Crippen molar-refractivity contribution >= 4 is 33.9 Å². The summed E-state index contributed by atoms with van der Waals surface area (Å²) in [5.74, 6) is -0.759. The first-order valence-electron chi connectivity index (χ1n) is 10.5. The Bertz CT molecular complexity index is 1310. The Hall–Kier alpha value is -3.45. The lowest BCUT2D eigenvalue weighted by atomic mass is 10.0. The van der Waals surface area contributed by atoms with Crippen LogP contribution in [0.5, 0.6) is 0 Å². The summed E-state index contributed by atoms with van der Waals surface area (Å²) in [5.41, 5.74) is 5.95. The average Bonchev–Trinajstić information content (AvgIpc) is 3.21. The molecule has 3 aromatic rings. The first-order valence-corrected chi connectivity index (χ1v) is 11.3. The van der Waals surface area contributed by atoms with Crippen molar-refractivity contribution in [3.8, 4) is 5.69 Å². The van der Waals surface area contributed by atoms with Crippen molar-refractivity contribution in [2.45, 2.75) is 27.3 Å². The number of nitrogens with zero attached hydrogens (tertiary/aromatic N) is 3. The third-order valence-electron chi connectivity index (χ3n) is 5.80. The lowest BCUT2D eigenvalue weighted by Gasteiger charge is -2.17. The maximum atomic E-state index is 13.4. The standard InChI is InChI=1S/C26H24BrN3O3/c1-16-11-20(17(2)30(16)22-9-5-8-21(27)13-22)12-23-24(26(32)33-4)18(3)29(25(23)31)15-19-7-6-10-28-14-19/h5-14H,15H2,1-4H3/b23-12-. The molecular weight excluding hydrogens is 482 g/mol. The number of hydrogen-bond donors (Lipinski definition) is 0. The molecule has 3 heterocycles. The van der Waals surface area contributed by atoms with Gasteiger partial charge in [-0.25, -0.2) is 4.79 Å². The van der Waals surface area contributed by atoms with Gasteiger partial charge in [0, 0.05) is 39.6 Å². The predicted octanol–water partition coefficient (Wildman–Crippen LogP) is 5.12. The molecule has 33 heavy (non-hydrogen) atoms. The zero-order valence-corrected chi connectivity index (χ0v) is 20.5. The fraction of sp³-hybridized carbons (Fsp3) is 0.192. The predicted molar refractivity (Wildman–Crippen MR) is 130 cm³/mol. The Labute approximate surface area is 201 Å². The number of carbonyl (C=O) groups is 2. The minimum atomic E-state index is -0.526. The van der Waals surface area contributed by atoms with Crippen LogP contribution in [0.1, 0.15) is 29.4 Å². The van der Waals surface area contributed by atoms with E-state index in [9.17, 15) is 9.59 Å². The molecule has 0 atom stereocenters. The molecule has 0 spiro atoms. The highest BCUT2D eigenvalue weighted by atomic mass is 79.9. The summed E-state index contributed by atoms with van der Waals surface area (Å²) in [6.45, 7) is 6.12. The van der Waals surface area contributed by atoms with E-state index >= 15 is 0 Å². The molecule has 168 valence electrons. The summed E-state index contributed by atoms with van der Waals surface area (Å²) in [6.07, 6.45) is 5.19. The van der Waals surface area contributed by atoms with Crippen LogP contribution < -0.4 is 0 Å². The number of halogens is 1. The Balaban J connectivity index is 1.79. The monoisotopic (exact) mass is 505 g/mol. The van der Waals surface area contributed by atoms with Gasteiger partial charge in [0.2, 0.25) is 0 Å². The maximum absolute atomic E-state index is 13.4. The van der Waals surface area contributed by atoms with E-state index in [1.807, 2.05) is 56.3 Å². The molecular formula is C26H24BrN3O3. The quantitative estimate of drug-likeness (QED) is 0.356. The van der Waals surface area contributed by atoms with Crippen LogP contribution in [-0.2, 0) is 20.9 Å². The molecule has 1 aliphatic heterocycles. The normalized spacial score (nSPS) is 15.0. The first-order chi connectivity index (χ1) is 15.8. The minimum Gasteiger partial charge on any atom is -0.465 e. The number of rotatable bonds is 5. The number of aryl methyl sites for hydroxylation is 1. The lowest BCUT2D eigenvalue weighted by molar-refractivity contribution is -0.136. The summed E-state index contributed by atoms with van der Waals surface area (Å²) >= 11 is 3.53. The summed E-state index contributed by atoms with van der Waals surface area (Å²) < 4.78 is 8.13. The molecule has 6 nitrogen and oxygen atoms in total. The zero-order valence-electron chi connectivity index (χ0n) is 18.9. The van der Waals surface area contributed by atoms with Crippen LogP contribution >= 0.6 is 15.9 Å². The van der Waals surface area contributed by atoms with Crippen molar-refractivity contribution in [2.75, 3.05) is 7.11 Å². The van der Waals surface area contributed by atoms with Gasteiger partial charge in [0.25, 0.3) is 5.91 Å². The average molecular weight is 506 g/mol. The van der Waals surface area contributed by atoms with Crippen LogP contribution in [0.2, 0.25) is 0 Å². The number of methoxy groups -OCH3 is 1. The van der Waals surface area contributed by atoms with Crippen LogP contribution in [0, 0.1) is 13.8 Å². The molecule has 0 saturated carbocycles. The Kier molecular flexibility index (Phi) is 6.33. The number of benzene rings is 1. The van der Waals surface area contributed by atoms with Gasteiger partial charge >= 0.3 is 5.97 Å². The van der Waals surface area contributed by atoms with E-state index in [-0.39, 0.29) is 5.91 Å². The molecule has 1 amide bonds. The number of amides is 1. The molecule has 0 aliphatic carbocycles. The highest BCUT2D eigenvalue weighted by Gasteiger charge is 2.37. The van der Waals surface area contributed by atoms with Crippen molar-refractivity contribution < 1.29 is 14.3 Å². The molecule has 0 N–H and O–H groups in total. The molecule has 1 aliphatic rings. The van der Waals surface area contributed by atoms with Crippen LogP contribution in [0.15, 0.2) is 76.2 Å². The highest BCUT2D eigenvalue weighted by Crippen LogP contribution is 2.34. The SMILES string of the molecule is COC(=O)C1=C(C)N(Cc2cccnc2)C(=O)/C1=C\c1cc(C)n(-c2cccc(Br)c2)c1C. The van der Waals surface area contributed by atoms with Crippen LogP contribution in [0.4, 0.5) is 0 Å². The summed E-state index contributed by atoms with van der Waals surface area (Å²) in [7, 11) is 1.33. The molecule has 2 aromatic heterocycles. The molecule has 1 aromatic carbocycles. The van der Waals surface area contributed by atoms with Gasteiger partial charge in [0.1, 0.15) is 0 Å². The first kappa shape index (κ1) is 22.7. The lowest BCUT2D eigenvalue weighted by Crippen LogP contribution is -2.24. The van der Waals surface area contributed by atoms with Gasteiger partial charge in [-0.2, -0.15) is 0 Å².